The van der Waals surface area contributed by atoms with E-state index in [1.165, 1.54) is 12.6 Å². The van der Waals surface area contributed by atoms with Gasteiger partial charge >= 0.3 is 0 Å². The number of hydrogen-bond donors (Lipinski definition) is 1. The third kappa shape index (κ3) is 2.94. The van der Waals surface area contributed by atoms with Crippen molar-refractivity contribution in [3.8, 4) is 11.9 Å². The Kier molecular flexibility index (Phi) is 3.73. The topological polar surface area (TPSA) is 57.9 Å². The van der Waals surface area contributed by atoms with E-state index in [1.54, 1.807) is 12.1 Å². The molecule has 2 rings (SSSR count). The van der Waals surface area contributed by atoms with E-state index in [1.807, 2.05) is 6.07 Å². The van der Waals surface area contributed by atoms with Gasteiger partial charge in [-0.1, -0.05) is 0 Å². The minimum atomic E-state index is 0.562. The van der Waals surface area contributed by atoms with Gasteiger partial charge in [-0.05, 0) is 37.9 Å². The van der Waals surface area contributed by atoms with Gasteiger partial charge in [-0.3, -0.25) is 0 Å². The maximum atomic E-state index is 8.61. The van der Waals surface area contributed by atoms with Gasteiger partial charge in [-0.15, -0.1) is 0 Å². The zero-order chi connectivity index (χ0) is 11.2. The molecule has 0 radical (unpaired) electrons. The van der Waals surface area contributed by atoms with Crippen LogP contribution in [0.5, 0.6) is 5.88 Å². The van der Waals surface area contributed by atoms with Crippen LogP contribution in [0.2, 0.25) is 0 Å². The predicted molar refractivity (Wildman–Crippen MR) is 60.0 cm³/mol. The monoisotopic (exact) mass is 217 g/mol. The van der Waals surface area contributed by atoms with Gasteiger partial charge in [0.2, 0.25) is 5.88 Å². The van der Waals surface area contributed by atoms with E-state index < -0.39 is 0 Å². The Bertz CT molecular complexity index is 363. The van der Waals surface area contributed by atoms with Crippen LogP contribution in [0.4, 0.5) is 0 Å². The van der Waals surface area contributed by atoms with Crippen LogP contribution in [-0.4, -0.2) is 24.7 Å². The van der Waals surface area contributed by atoms with Crippen molar-refractivity contribution in [3.63, 3.8) is 0 Å². The Labute approximate surface area is 95.3 Å². The molecule has 0 bridgehead atoms. The van der Waals surface area contributed by atoms with Gasteiger partial charge < -0.3 is 10.1 Å². The summed E-state index contributed by atoms with van der Waals surface area (Å²) in [7, 11) is 0. The average molecular weight is 217 g/mol. The van der Waals surface area contributed by atoms with Crippen molar-refractivity contribution < 1.29 is 4.74 Å². The van der Waals surface area contributed by atoms with Crippen LogP contribution in [0, 0.1) is 17.2 Å². The minimum Gasteiger partial charge on any atom is -0.478 e. The Balaban J connectivity index is 1.74. The number of nitrogens with zero attached hydrogens (tertiary/aromatic N) is 2. The third-order valence-electron chi connectivity index (χ3n) is 2.80. The number of hydrogen-bond acceptors (Lipinski definition) is 4. The molecule has 4 heteroatoms. The number of nitriles is 1. The molecular formula is C12H15N3O. The second-order valence-corrected chi connectivity index (χ2v) is 3.99. The van der Waals surface area contributed by atoms with Crippen molar-refractivity contribution in [2.45, 2.75) is 12.8 Å². The highest BCUT2D eigenvalue weighted by Gasteiger charge is 2.13. The first-order valence-electron chi connectivity index (χ1n) is 5.58. The highest BCUT2D eigenvalue weighted by molar-refractivity contribution is 5.28. The summed E-state index contributed by atoms with van der Waals surface area (Å²) in [6, 6.07) is 5.49. The van der Waals surface area contributed by atoms with E-state index in [0.29, 0.717) is 18.1 Å². The number of rotatable bonds is 4. The number of ether oxygens (including phenoxy) is 1. The molecule has 4 nitrogen and oxygen atoms in total. The Morgan fingerprint density at radius 1 is 1.56 bits per heavy atom. The third-order valence-corrected chi connectivity index (χ3v) is 2.80. The summed E-state index contributed by atoms with van der Waals surface area (Å²) < 4.78 is 5.52. The van der Waals surface area contributed by atoms with E-state index in [4.69, 9.17) is 10.00 Å². The largest absolute Gasteiger partial charge is 0.478 e. The van der Waals surface area contributed by atoms with Crippen LogP contribution in [0.3, 0.4) is 0 Å². The fourth-order valence-electron chi connectivity index (χ4n) is 1.82. The smallest absolute Gasteiger partial charge is 0.213 e. The lowest BCUT2D eigenvalue weighted by molar-refractivity contribution is 0.274. The summed E-state index contributed by atoms with van der Waals surface area (Å²) in [5.41, 5.74) is 0.562. The fraction of sp³-hybridized carbons (Fsp3) is 0.500. The van der Waals surface area contributed by atoms with Gasteiger partial charge in [0, 0.05) is 12.3 Å². The SMILES string of the molecule is N#Cc1ccc(OCCC2CCNC2)nc1. The first-order chi connectivity index (χ1) is 7.88. The maximum absolute atomic E-state index is 8.61. The van der Waals surface area contributed by atoms with E-state index >= 15 is 0 Å². The molecule has 0 saturated carbocycles. The van der Waals surface area contributed by atoms with Gasteiger partial charge in [-0.2, -0.15) is 5.26 Å². The van der Waals surface area contributed by atoms with Crippen molar-refractivity contribution in [3.05, 3.63) is 23.9 Å². The summed E-state index contributed by atoms with van der Waals surface area (Å²) in [6.45, 7) is 2.93. The van der Waals surface area contributed by atoms with Crippen LogP contribution < -0.4 is 10.1 Å². The standard InChI is InChI=1S/C12H15N3O/c13-7-11-1-2-12(15-9-11)16-6-4-10-3-5-14-8-10/h1-2,9-10,14H,3-6,8H2. The summed E-state index contributed by atoms with van der Waals surface area (Å²) in [5, 5.41) is 11.9. The zero-order valence-corrected chi connectivity index (χ0v) is 9.15. The second kappa shape index (κ2) is 5.47. The Morgan fingerprint density at radius 2 is 2.50 bits per heavy atom. The molecular weight excluding hydrogens is 202 g/mol. The zero-order valence-electron chi connectivity index (χ0n) is 9.15. The van der Waals surface area contributed by atoms with Crippen molar-refractivity contribution in [2.75, 3.05) is 19.7 Å². The quantitative estimate of drug-likeness (QED) is 0.826. The molecule has 1 aliphatic heterocycles. The van der Waals surface area contributed by atoms with Crippen molar-refractivity contribution in [2.24, 2.45) is 5.92 Å². The molecule has 0 amide bonds. The first kappa shape index (κ1) is 10.9. The molecule has 84 valence electrons. The lowest BCUT2D eigenvalue weighted by Gasteiger charge is -2.08. The van der Waals surface area contributed by atoms with E-state index in [2.05, 4.69) is 10.3 Å². The predicted octanol–water partition coefficient (Wildman–Crippen LogP) is 1.33. The van der Waals surface area contributed by atoms with E-state index in [9.17, 15) is 0 Å². The minimum absolute atomic E-state index is 0.562. The molecule has 0 aromatic carbocycles. The van der Waals surface area contributed by atoms with Crippen LogP contribution in [0.1, 0.15) is 18.4 Å². The number of aromatic nitrogens is 1. The van der Waals surface area contributed by atoms with E-state index in [0.717, 1.165) is 25.4 Å². The molecule has 2 heterocycles. The molecule has 16 heavy (non-hydrogen) atoms. The second-order valence-electron chi connectivity index (χ2n) is 3.99. The highest BCUT2D eigenvalue weighted by atomic mass is 16.5. The van der Waals surface area contributed by atoms with Crippen molar-refractivity contribution in [1.29, 1.82) is 5.26 Å². The molecule has 1 fully saturated rings. The first-order valence-corrected chi connectivity index (χ1v) is 5.58. The summed E-state index contributed by atoms with van der Waals surface area (Å²) in [4.78, 5) is 4.05. The van der Waals surface area contributed by atoms with Crippen LogP contribution >= 0.6 is 0 Å². The Hall–Kier alpha value is -1.60. The van der Waals surface area contributed by atoms with Gasteiger partial charge in [0.25, 0.3) is 0 Å². The lowest BCUT2D eigenvalue weighted by atomic mass is 10.1. The average Bonchev–Trinajstić information content (AvgIpc) is 2.83. The molecule has 1 aromatic heterocycles. The fourth-order valence-corrected chi connectivity index (χ4v) is 1.82. The molecule has 1 aromatic rings. The molecule has 1 aliphatic rings. The van der Waals surface area contributed by atoms with Crippen molar-refractivity contribution >= 4 is 0 Å². The molecule has 0 spiro atoms. The molecule has 1 unspecified atom stereocenters. The molecule has 0 aliphatic carbocycles. The van der Waals surface area contributed by atoms with Gasteiger partial charge in [-0.25, -0.2) is 4.98 Å². The lowest BCUT2D eigenvalue weighted by Crippen LogP contribution is -2.11. The number of nitrogens with one attached hydrogen (secondary N) is 1. The molecule has 1 atom stereocenters. The van der Waals surface area contributed by atoms with Crippen LogP contribution in [0.25, 0.3) is 0 Å². The maximum Gasteiger partial charge on any atom is 0.213 e. The summed E-state index contributed by atoms with van der Waals surface area (Å²) in [5.74, 6) is 1.34. The van der Waals surface area contributed by atoms with Gasteiger partial charge in [0.05, 0.1) is 12.2 Å². The Morgan fingerprint density at radius 3 is 3.12 bits per heavy atom. The van der Waals surface area contributed by atoms with Crippen LogP contribution in [0.15, 0.2) is 18.3 Å². The summed E-state index contributed by atoms with van der Waals surface area (Å²) in [6.07, 6.45) is 3.84. The number of pyridine rings is 1. The van der Waals surface area contributed by atoms with Crippen LogP contribution in [-0.2, 0) is 0 Å². The summed E-state index contributed by atoms with van der Waals surface area (Å²) >= 11 is 0. The van der Waals surface area contributed by atoms with Crippen molar-refractivity contribution in [1.82, 2.24) is 10.3 Å². The molecule has 1 saturated heterocycles. The van der Waals surface area contributed by atoms with Gasteiger partial charge in [0.1, 0.15) is 6.07 Å². The molecule has 1 N–H and O–H groups in total. The normalized spacial score (nSPS) is 19.3. The van der Waals surface area contributed by atoms with E-state index in [-0.39, 0.29) is 0 Å². The highest BCUT2D eigenvalue weighted by Crippen LogP contribution is 2.13. The van der Waals surface area contributed by atoms with Gasteiger partial charge in [0.15, 0.2) is 0 Å².